The second-order valence-electron chi connectivity index (χ2n) is 5.82. The van der Waals surface area contributed by atoms with Crippen LogP contribution in [0.4, 0.5) is 0 Å². The lowest BCUT2D eigenvalue weighted by molar-refractivity contribution is -0.904. The van der Waals surface area contributed by atoms with Crippen molar-refractivity contribution in [2.75, 3.05) is 19.6 Å². The van der Waals surface area contributed by atoms with Gasteiger partial charge in [-0.05, 0) is 33.6 Å². The number of nitrogens with one attached hydrogen (secondary N) is 3. The first-order valence-electron chi connectivity index (χ1n) is 7.56. The topological polar surface area (TPSA) is 86.4 Å². The number of rotatable bonds is 8. The van der Waals surface area contributed by atoms with E-state index in [9.17, 15) is 14.9 Å². The molecule has 0 saturated carbocycles. The molecule has 0 aliphatic heterocycles. The average molecular weight is 297 g/mol. The standard InChI is InChI=1S/C15H28N4O2/c1-7-17-13(20)9-19(8-2)12(5)14(21)18-15(6,10-16)11(3)4/h11-12H,7-9H2,1-6H3,(H,17,20)(H,18,21)/p+1/t12-,15-/m0/s1. The van der Waals surface area contributed by atoms with Crippen molar-refractivity contribution >= 4 is 11.8 Å². The van der Waals surface area contributed by atoms with Crippen molar-refractivity contribution in [1.82, 2.24) is 10.6 Å². The molecule has 2 amide bonds. The Morgan fingerprint density at radius 1 is 1.29 bits per heavy atom. The molecule has 21 heavy (non-hydrogen) atoms. The van der Waals surface area contributed by atoms with Crippen LogP contribution in [-0.4, -0.2) is 43.0 Å². The van der Waals surface area contributed by atoms with E-state index in [0.29, 0.717) is 13.1 Å². The van der Waals surface area contributed by atoms with Crippen molar-refractivity contribution < 1.29 is 14.5 Å². The molecule has 0 aliphatic rings. The molecule has 3 atom stereocenters. The molecule has 0 aromatic rings. The van der Waals surface area contributed by atoms with E-state index >= 15 is 0 Å². The minimum absolute atomic E-state index is 0.00659. The van der Waals surface area contributed by atoms with E-state index in [1.54, 1.807) is 13.8 Å². The van der Waals surface area contributed by atoms with E-state index in [4.69, 9.17) is 0 Å². The summed E-state index contributed by atoms with van der Waals surface area (Å²) < 4.78 is 0. The van der Waals surface area contributed by atoms with Gasteiger partial charge in [-0.1, -0.05) is 13.8 Å². The number of hydrogen-bond donors (Lipinski definition) is 3. The van der Waals surface area contributed by atoms with Gasteiger partial charge in [0.05, 0.1) is 12.6 Å². The molecule has 0 aromatic carbocycles. The minimum Gasteiger partial charge on any atom is -0.351 e. The molecular formula is C15H29N4O2+. The SMILES string of the molecule is CCNC(=O)C[NH+](CC)[C@@H](C)C(=O)N[C@@](C)(C#N)C(C)C. The molecular weight excluding hydrogens is 268 g/mol. The van der Waals surface area contributed by atoms with Crippen LogP contribution in [0.25, 0.3) is 0 Å². The van der Waals surface area contributed by atoms with Gasteiger partial charge in [0.25, 0.3) is 11.8 Å². The van der Waals surface area contributed by atoms with E-state index < -0.39 is 5.54 Å². The van der Waals surface area contributed by atoms with E-state index in [1.807, 2.05) is 27.7 Å². The van der Waals surface area contributed by atoms with E-state index in [-0.39, 0.29) is 30.3 Å². The molecule has 6 heteroatoms. The molecule has 0 saturated heterocycles. The second kappa shape index (κ2) is 8.63. The predicted molar refractivity (Wildman–Crippen MR) is 81.5 cm³/mol. The smallest absolute Gasteiger partial charge is 0.279 e. The first-order valence-corrected chi connectivity index (χ1v) is 7.56. The Morgan fingerprint density at radius 3 is 2.24 bits per heavy atom. The largest absolute Gasteiger partial charge is 0.351 e. The quantitative estimate of drug-likeness (QED) is 0.563. The van der Waals surface area contributed by atoms with Crippen molar-refractivity contribution in [3.05, 3.63) is 0 Å². The minimum atomic E-state index is -0.893. The zero-order chi connectivity index (χ0) is 16.6. The normalized spacial score (nSPS) is 16.5. The van der Waals surface area contributed by atoms with Gasteiger partial charge in [-0.15, -0.1) is 0 Å². The molecule has 0 radical (unpaired) electrons. The molecule has 120 valence electrons. The third-order valence-electron chi connectivity index (χ3n) is 3.99. The van der Waals surface area contributed by atoms with Crippen LogP contribution in [0.1, 0.15) is 41.5 Å². The predicted octanol–water partition coefficient (Wildman–Crippen LogP) is -0.530. The highest BCUT2D eigenvalue weighted by Crippen LogP contribution is 2.14. The average Bonchev–Trinajstić information content (AvgIpc) is 2.43. The lowest BCUT2D eigenvalue weighted by Crippen LogP contribution is -3.17. The van der Waals surface area contributed by atoms with Gasteiger partial charge in [-0.3, -0.25) is 9.59 Å². The summed E-state index contributed by atoms with van der Waals surface area (Å²) in [6.45, 7) is 12.6. The highest BCUT2D eigenvalue weighted by molar-refractivity contribution is 5.82. The van der Waals surface area contributed by atoms with Crippen LogP contribution in [0.5, 0.6) is 0 Å². The lowest BCUT2D eigenvalue weighted by Gasteiger charge is -2.30. The van der Waals surface area contributed by atoms with Crippen molar-refractivity contribution in [2.24, 2.45) is 5.92 Å². The molecule has 0 heterocycles. The van der Waals surface area contributed by atoms with Gasteiger partial charge < -0.3 is 15.5 Å². The number of nitriles is 1. The zero-order valence-corrected chi connectivity index (χ0v) is 14.0. The highest BCUT2D eigenvalue weighted by Gasteiger charge is 2.34. The van der Waals surface area contributed by atoms with E-state index in [1.165, 1.54) is 0 Å². The third-order valence-corrected chi connectivity index (χ3v) is 3.99. The van der Waals surface area contributed by atoms with Crippen LogP contribution in [0.15, 0.2) is 0 Å². The van der Waals surface area contributed by atoms with Gasteiger partial charge in [0.1, 0.15) is 5.54 Å². The van der Waals surface area contributed by atoms with Crippen LogP contribution in [0, 0.1) is 17.2 Å². The summed E-state index contributed by atoms with van der Waals surface area (Å²) >= 11 is 0. The molecule has 3 N–H and O–H groups in total. The van der Waals surface area contributed by atoms with Gasteiger partial charge in [-0.2, -0.15) is 5.26 Å². The van der Waals surface area contributed by atoms with E-state index in [0.717, 1.165) is 4.90 Å². The first-order chi connectivity index (χ1) is 9.71. The van der Waals surface area contributed by atoms with Crippen LogP contribution in [-0.2, 0) is 9.59 Å². The Balaban J connectivity index is 4.81. The Kier molecular flexibility index (Phi) is 7.97. The molecule has 0 bridgehead atoms. The number of nitrogens with zero attached hydrogens (tertiary/aromatic N) is 1. The number of carbonyl (C=O) groups is 2. The molecule has 6 nitrogen and oxygen atoms in total. The zero-order valence-electron chi connectivity index (χ0n) is 14.0. The van der Waals surface area contributed by atoms with E-state index in [2.05, 4.69) is 16.7 Å². The molecule has 0 aliphatic carbocycles. The van der Waals surface area contributed by atoms with Crippen LogP contribution < -0.4 is 15.5 Å². The maximum Gasteiger partial charge on any atom is 0.279 e. The molecule has 0 fully saturated rings. The Bertz CT molecular complexity index is 403. The highest BCUT2D eigenvalue weighted by atomic mass is 16.2. The summed E-state index contributed by atoms with van der Waals surface area (Å²) in [5.41, 5.74) is -0.893. The fourth-order valence-electron chi connectivity index (χ4n) is 1.90. The summed E-state index contributed by atoms with van der Waals surface area (Å²) in [7, 11) is 0. The van der Waals surface area contributed by atoms with Gasteiger partial charge in [0.15, 0.2) is 12.6 Å². The van der Waals surface area contributed by atoms with Gasteiger partial charge >= 0.3 is 0 Å². The van der Waals surface area contributed by atoms with Gasteiger partial charge in [0, 0.05) is 6.54 Å². The summed E-state index contributed by atoms with van der Waals surface area (Å²) in [5.74, 6) is -0.262. The van der Waals surface area contributed by atoms with Crippen LogP contribution >= 0.6 is 0 Å². The summed E-state index contributed by atoms with van der Waals surface area (Å²) in [4.78, 5) is 24.9. The fraction of sp³-hybridized carbons (Fsp3) is 0.800. The van der Waals surface area contributed by atoms with Crippen molar-refractivity contribution in [1.29, 1.82) is 5.26 Å². The van der Waals surface area contributed by atoms with Crippen LogP contribution in [0.2, 0.25) is 0 Å². The van der Waals surface area contributed by atoms with Crippen molar-refractivity contribution in [2.45, 2.75) is 53.1 Å². The van der Waals surface area contributed by atoms with Gasteiger partial charge in [-0.25, -0.2) is 0 Å². The molecule has 0 aromatic heterocycles. The maximum atomic E-state index is 12.3. The Labute approximate surface area is 127 Å². The third kappa shape index (κ3) is 5.72. The number of carbonyl (C=O) groups excluding carboxylic acids is 2. The molecule has 0 rings (SSSR count). The lowest BCUT2D eigenvalue weighted by atomic mass is 9.89. The molecule has 1 unspecified atom stereocenters. The monoisotopic (exact) mass is 297 g/mol. The first kappa shape index (κ1) is 19.4. The number of amides is 2. The Morgan fingerprint density at radius 2 is 1.86 bits per heavy atom. The van der Waals surface area contributed by atoms with Crippen molar-refractivity contribution in [3.63, 3.8) is 0 Å². The van der Waals surface area contributed by atoms with Crippen LogP contribution in [0.3, 0.4) is 0 Å². The molecule has 0 spiro atoms. The van der Waals surface area contributed by atoms with Crippen molar-refractivity contribution in [3.8, 4) is 6.07 Å². The number of quaternary nitrogens is 1. The summed E-state index contributed by atoms with van der Waals surface area (Å²) in [6, 6.07) is 1.78. The van der Waals surface area contributed by atoms with Gasteiger partial charge in [0.2, 0.25) is 0 Å². The Hall–Kier alpha value is -1.61. The number of hydrogen-bond acceptors (Lipinski definition) is 3. The maximum absolute atomic E-state index is 12.3. The fourth-order valence-corrected chi connectivity index (χ4v) is 1.90. The second-order valence-corrected chi connectivity index (χ2v) is 5.82. The summed E-state index contributed by atoms with van der Waals surface area (Å²) in [5, 5.41) is 14.8. The number of likely N-dealkylation sites (N-methyl/N-ethyl adjacent to an activating group) is 2. The summed E-state index contributed by atoms with van der Waals surface area (Å²) in [6.07, 6.45) is 0.